The van der Waals surface area contributed by atoms with Gasteiger partial charge in [-0.05, 0) is 13.0 Å². The molecule has 1 aromatic heterocycles. The molecule has 0 aliphatic carbocycles. The molecule has 1 amide bonds. The highest BCUT2D eigenvalue weighted by atomic mass is 32.1. The van der Waals surface area contributed by atoms with Gasteiger partial charge in [-0.1, -0.05) is 11.3 Å². The van der Waals surface area contributed by atoms with E-state index in [1.165, 1.54) is 29.7 Å². The van der Waals surface area contributed by atoms with Crippen molar-refractivity contribution >= 4 is 33.1 Å². The van der Waals surface area contributed by atoms with E-state index in [9.17, 15) is 14.9 Å². The van der Waals surface area contributed by atoms with E-state index in [4.69, 9.17) is 9.47 Å². The first-order valence-corrected chi connectivity index (χ1v) is 7.73. The van der Waals surface area contributed by atoms with Crippen LogP contribution in [0.2, 0.25) is 0 Å². The summed E-state index contributed by atoms with van der Waals surface area (Å²) in [6, 6.07) is 4.58. The predicted octanol–water partition coefficient (Wildman–Crippen LogP) is 1.95. The van der Waals surface area contributed by atoms with Crippen LogP contribution in [0.5, 0.6) is 0 Å². The van der Waals surface area contributed by atoms with Gasteiger partial charge in [0, 0.05) is 18.7 Å². The lowest BCUT2D eigenvalue weighted by Crippen LogP contribution is -2.19. The minimum atomic E-state index is -0.534. The Morgan fingerprint density at radius 2 is 2.30 bits per heavy atom. The number of non-ortho nitro benzene ring substituents is 1. The number of ether oxygens (including phenoxy) is 2. The molecule has 0 unspecified atom stereocenters. The summed E-state index contributed by atoms with van der Waals surface area (Å²) < 4.78 is 12.8. The molecular formula is C14H13N3O5S. The number of benzene rings is 1. The lowest BCUT2D eigenvalue weighted by Gasteiger charge is -2.12. The van der Waals surface area contributed by atoms with Crippen LogP contribution in [-0.2, 0) is 20.8 Å². The number of carbonyl (C=O) groups is 1. The van der Waals surface area contributed by atoms with Gasteiger partial charge in [-0.25, -0.2) is 0 Å². The molecule has 9 heteroatoms. The molecule has 1 aromatic carbocycles. The number of fused-ring (bicyclic) bond motifs is 1. The zero-order chi connectivity index (χ0) is 16.4. The first kappa shape index (κ1) is 15.2. The van der Waals surface area contributed by atoms with E-state index in [0.717, 1.165) is 4.70 Å². The minimum absolute atomic E-state index is 0.00194. The lowest BCUT2D eigenvalue weighted by molar-refractivity contribution is -0.384. The van der Waals surface area contributed by atoms with E-state index in [2.05, 4.69) is 4.99 Å². The fourth-order valence-corrected chi connectivity index (χ4v) is 3.26. The molecular weight excluding hydrogens is 322 g/mol. The number of nitro benzene ring substituents is 1. The van der Waals surface area contributed by atoms with Crippen molar-refractivity contribution in [3.63, 3.8) is 0 Å². The average molecular weight is 335 g/mol. The number of carbonyl (C=O) groups excluding carboxylic acids is 1. The zero-order valence-corrected chi connectivity index (χ0v) is 13.0. The summed E-state index contributed by atoms with van der Waals surface area (Å²) in [5.74, 6) is -0.477. The highest BCUT2D eigenvalue weighted by Gasteiger charge is 2.16. The van der Waals surface area contributed by atoms with E-state index >= 15 is 0 Å². The van der Waals surface area contributed by atoms with E-state index in [-0.39, 0.29) is 11.4 Å². The molecule has 0 radical (unpaired) electrons. The Labute approximate surface area is 134 Å². The number of thiazole rings is 1. The van der Waals surface area contributed by atoms with Gasteiger partial charge in [0.1, 0.15) is 19.5 Å². The van der Waals surface area contributed by atoms with Crippen molar-refractivity contribution < 1.29 is 19.2 Å². The largest absolute Gasteiger partial charge is 0.494 e. The molecule has 3 rings (SSSR count). The number of nitrogens with zero attached hydrogens (tertiary/aromatic N) is 3. The average Bonchev–Trinajstić information content (AvgIpc) is 2.91. The van der Waals surface area contributed by atoms with Crippen LogP contribution in [0.1, 0.15) is 6.92 Å². The fraction of sp³-hybridized carbons (Fsp3) is 0.286. The number of hydrogen-bond donors (Lipinski definition) is 0. The van der Waals surface area contributed by atoms with Crippen LogP contribution >= 0.6 is 11.3 Å². The van der Waals surface area contributed by atoms with Crippen LogP contribution in [0.15, 0.2) is 35.2 Å². The lowest BCUT2D eigenvalue weighted by atomic mass is 10.3. The highest BCUT2D eigenvalue weighted by Crippen LogP contribution is 2.23. The Kier molecular flexibility index (Phi) is 4.11. The van der Waals surface area contributed by atoms with E-state index in [1.54, 1.807) is 10.6 Å². The number of rotatable bonds is 3. The Bertz CT molecular complexity index is 880. The number of amides is 1. The third kappa shape index (κ3) is 2.95. The maximum absolute atomic E-state index is 12.1. The van der Waals surface area contributed by atoms with Crippen molar-refractivity contribution in [2.45, 2.75) is 13.5 Å². The second-order valence-electron chi connectivity index (χ2n) is 4.66. The van der Waals surface area contributed by atoms with Crippen LogP contribution in [0.3, 0.4) is 0 Å². The SMILES string of the molecule is CCn1c(=NC(=O)C2=COCCO2)sc2ccc([N+](=O)[O-])cc21. The smallest absolute Gasteiger partial charge is 0.317 e. The molecule has 0 saturated heterocycles. The maximum atomic E-state index is 12.1. The van der Waals surface area contributed by atoms with Gasteiger partial charge in [0.25, 0.3) is 5.69 Å². The van der Waals surface area contributed by atoms with Crippen LogP contribution in [0, 0.1) is 10.1 Å². The second-order valence-corrected chi connectivity index (χ2v) is 5.67. The van der Waals surface area contributed by atoms with Crippen LogP contribution in [0.4, 0.5) is 5.69 Å². The van der Waals surface area contributed by atoms with Gasteiger partial charge in [-0.3, -0.25) is 14.9 Å². The molecule has 1 aliphatic rings. The molecule has 0 fully saturated rings. The summed E-state index contributed by atoms with van der Waals surface area (Å²) in [5, 5.41) is 10.9. The van der Waals surface area contributed by atoms with Gasteiger partial charge in [0.15, 0.2) is 4.80 Å². The van der Waals surface area contributed by atoms with E-state index in [1.807, 2.05) is 6.92 Å². The van der Waals surface area contributed by atoms with E-state index in [0.29, 0.717) is 30.1 Å². The fourth-order valence-electron chi connectivity index (χ4n) is 2.18. The Hall–Kier alpha value is -2.68. The molecule has 0 bridgehead atoms. The van der Waals surface area contributed by atoms with Gasteiger partial charge in [-0.15, -0.1) is 0 Å². The third-order valence-electron chi connectivity index (χ3n) is 3.25. The van der Waals surface area contributed by atoms with Crippen molar-refractivity contribution in [2.24, 2.45) is 4.99 Å². The summed E-state index contributed by atoms with van der Waals surface area (Å²) in [7, 11) is 0. The second kappa shape index (κ2) is 6.21. The normalized spacial score (nSPS) is 15.0. The minimum Gasteiger partial charge on any atom is -0.494 e. The maximum Gasteiger partial charge on any atom is 0.317 e. The van der Waals surface area contributed by atoms with Gasteiger partial charge in [0.05, 0.1) is 15.1 Å². The number of aryl methyl sites for hydroxylation is 1. The molecule has 0 saturated carbocycles. The van der Waals surface area contributed by atoms with E-state index < -0.39 is 10.8 Å². The van der Waals surface area contributed by atoms with Crippen molar-refractivity contribution in [1.29, 1.82) is 0 Å². The zero-order valence-electron chi connectivity index (χ0n) is 12.2. The molecule has 1 aliphatic heterocycles. The Morgan fingerprint density at radius 3 is 2.96 bits per heavy atom. The summed E-state index contributed by atoms with van der Waals surface area (Å²) in [6.07, 6.45) is 1.25. The van der Waals surface area contributed by atoms with Gasteiger partial charge in [0.2, 0.25) is 5.76 Å². The molecule has 0 spiro atoms. The Morgan fingerprint density at radius 1 is 1.48 bits per heavy atom. The molecule has 0 atom stereocenters. The first-order valence-electron chi connectivity index (χ1n) is 6.91. The number of nitro groups is 1. The number of hydrogen-bond acceptors (Lipinski definition) is 6. The summed E-state index contributed by atoms with van der Waals surface area (Å²) >= 11 is 1.29. The molecule has 23 heavy (non-hydrogen) atoms. The first-order chi connectivity index (χ1) is 11.1. The van der Waals surface area contributed by atoms with Crippen LogP contribution < -0.4 is 4.80 Å². The highest BCUT2D eigenvalue weighted by molar-refractivity contribution is 7.16. The van der Waals surface area contributed by atoms with Crippen molar-refractivity contribution in [1.82, 2.24) is 4.57 Å². The predicted molar refractivity (Wildman–Crippen MR) is 82.7 cm³/mol. The molecule has 120 valence electrons. The van der Waals surface area contributed by atoms with Crippen molar-refractivity contribution in [2.75, 3.05) is 13.2 Å². The quantitative estimate of drug-likeness (QED) is 0.631. The summed E-state index contributed by atoms with van der Waals surface area (Å²) in [5.41, 5.74) is 0.676. The van der Waals surface area contributed by atoms with Crippen LogP contribution in [0.25, 0.3) is 10.2 Å². The molecule has 2 heterocycles. The number of aromatic nitrogens is 1. The summed E-state index contributed by atoms with van der Waals surface area (Å²) in [4.78, 5) is 27.1. The summed E-state index contributed by atoms with van der Waals surface area (Å²) in [6.45, 7) is 3.12. The van der Waals surface area contributed by atoms with Crippen LogP contribution in [-0.4, -0.2) is 28.6 Å². The monoisotopic (exact) mass is 335 g/mol. The molecule has 2 aromatic rings. The van der Waals surface area contributed by atoms with Gasteiger partial charge >= 0.3 is 5.91 Å². The van der Waals surface area contributed by atoms with Gasteiger partial charge in [-0.2, -0.15) is 4.99 Å². The standard InChI is InChI=1S/C14H13N3O5S/c1-2-16-10-7-9(17(19)20)3-4-12(10)23-14(16)15-13(18)11-8-21-5-6-22-11/h3-4,7-8H,2,5-6H2,1H3. The van der Waals surface area contributed by atoms with Crippen molar-refractivity contribution in [3.05, 3.63) is 45.1 Å². The molecule has 8 nitrogen and oxygen atoms in total. The Balaban J connectivity index is 2.10. The van der Waals surface area contributed by atoms with Crippen molar-refractivity contribution in [3.8, 4) is 0 Å². The third-order valence-corrected chi connectivity index (χ3v) is 4.31. The molecule has 0 N–H and O–H groups in total. The van der Waals surface area contributed by atoms with Gasteiger partial charge < -0.3 is 14.0 Å². The topological polar surface area (TPSA) is 96.0 Å².